The summed E-state index contributed by atoms with van der Waals surface area (Å²) < 4.78 is 32.6. The topological polar surface area (TPSA) is 104 Å². The molecule has 1 heterocycles. The quantitative estimate of drug-likeness (QED) is 0.408. The first kappa shape index (κ1) is 22.3. The molecule has 2 aromatic rings. The van der Waals surface area contributed by atoms with Crippen molar-refractivity contribution >= 4 is 15.9 Å². The Morgan fingerprint density at radius 3 is 2.35 bits per heavy atom. The van der Waals surface area contributed by atoms with E-state index in [9.17, 15) is 18.1 Å². The largest absolute Gasteiger partial charge is 1.00 e. The van der Waals surface area contributed by atoms with Crippen molar-refractivity contribution < 1.29 is 65.0 Å². The SMILES string of the molecule is C[C@H](Nc1cc(C(O)S(=O)(=O)[O-])cc[nH+]1)c1ccccc1.[Cl-].[Na+]. The molecule has 1 aromatic carbocycles. The molecule has 3 N–H and O–H groups in total. The number of nitrogens with one attached hydrogen (secondary N) is 2. The van der Waals surface area contributed by atoms with E-state index in [2.05, 4.69) is 10.3 Å². The van der Waals surface area contributed by atoms with Crippen molar-refractivity contribution in [3.05, 3.63) is 59.8 Å². The zero-order valence-corrected chi connectivity index (χ0v) is 16.3. The summed E-state index contributed by atoms with van der Waals surface area (Å²) in [4.78, 5) is 2.90. The minimum absolute atomic E-state index is 0. The number of aromatic amines is 1. The molecule has 0 bridgehead atoms. The number of aliphatic hydroxyl groups excluding tert-OH is 1. The average Bonchev–Trinajstić information content (AvgIpc) is 2.46. The number of H-pyrrole nitrogens is 1. The Morgan fingerprint density at radius 1 is 1.17 bits per heavy atom. The fourth-order valence-corrected chi connectivity index (χ4v) is 2.43. The number of anilines is 1. The maximum absolute atomic E-state index is 10.9. The van der Waals surface area contributed by atoms with Crippen LogP contribution in [0.2, 0.25) is 0 Å². The van der Waals surface area contributed by atoms with Crippen LogP contribution >= 0.6 is 0 Å². The number of hydrogen-bond donors (Lipinski definition) is 2. The van der Waals surface area contributed by atoms with E-state index in [4.69, 9.17) is 0 Å². The smallest absolute Gasteiger partial charge is 1.00 e. The molecule has 9 heteroatoms. The second-order valence-corrected chi connectivity index (χ2v) is 6.09. The molecule has 0 saturated carbocycles. The number of halogens is 1. The second-order valence-electron chi connectivity index (χ2n) is 4.66. The average molecular weight is 367 g/mol. The molecule has 0 fully saturated rings. The zero-order valence-electron chi connectivity index (χ0n) is 12.7. The summed E-state index contributed by atoms with van der Waals surface area (Å²) in [5.41, 5.74) is -1.00. The van der Waals surface area contributed by atoms with Crippen molar-refractivity contribution in [2.24, 2.45) is 0 Å². The third-order valence-electron chi connectivity index (χ3n) is 3.06. The van der Waals surface area contributed by atoms with Crippen LogP contribution in [-0.4, -0.2) is 18.1 Å². The van der Waals surface area contributed by atoms with E-state index in [0.717, 1.165) is 5.56 Å². The molecule has 0 aliphatic heterocycles. The molecule has 0 aliphatic carbocycles. The number of aliphatic hydroxyl groups is 1. The molecular formula is C14H16ClN2NaO4S. The summed E-state index contributed by atoms with van der Waals surface area (Å²) in [5.74, 6) is 0.506. The van der Waals surface area contributed by atoms with Gasteiger partial charge < -0.3 is 22.1 Å². The van der Waals surface area contributed by atoms with Gasteiger partial charge in [0.25, 0.3) is 5.82 Å². The molecule has 0 aliphatic rings. The summed E-state index contributed by atoms with van der Waals surface area (Å²) in [7, 11) is -4.79. The van der Waals surface area contributed by atoms with Gasteiger partial charge in [0.05, 0.1) is 6.20 Å². The van der Waals surface area contributed by atoms with E-state index in [1.807, 2.05) is 37.3 Å². The third-order valence-corrected chi connectivity index (χ3v) is 3.87. The monoisotopic (exact) mass is 366 g/mol. The molecule has 6 nitrogen and oxygen atoms in total. The van der Waals surface area contributed by atoms with E-state index in [1.165, 1.54) is 18.3 Å². The Hall–Kier alpha value is -0.670. The Kier molecular flexibility index (Phi) is 9.30. The molecule has 2 rings (SSSR count). The van der Waals surface area contributed by atoms with Gasteiger partial charge in [-0.2, -0.15) is 0 Å². The first-order chi connectivity index (χ1) is 9.88. The maximum Gasteiger partial charge on any atom is 1.00 e. The van der Waals surface area contributed by atoms with Crippen LogP contribution in [-0.2, 0) is 10.1 Å². The minimum atomic E-state index is -4.79. The van der Waals surface area contributed by atoms with E-state index in [1.54, 1.807) is 0 Å². The van der Waals surface area contributed by atoms with Gasteiger partial charge in [0, 0.05) is 11.6 Å². The Morgan fingerprint density at radius 2 is 1.78 bits per heavy atom. The Bertz CT molecular complexity index is 716. The third kappa shape index (κ3) is 6.39. The molecule has 2 atom stereocenters. The first-order valence-electron chi connectivity index (χ1n) is 6.34. The zero-order chi connectivity index (χ0) is 15.5. The van der Waals surface area contributed by atoms with Crippen LogP contribution < -0.4 is 52.3 Å². The predicted octanol–water partition coefficient (Wildman–Crippen LogP) is -4.78. The van der Waals surface area contributed by atoms with Crippen LogP contribution in [0.5, 0.6) is 0 Å². The van der Waals surface area contributed by atoms with Crippen LogP contribution in [0.3, 0.4) is 0 Å². The molecule has 1 unspecified atom stereocenters. The van der Waals surface area contributed by atoms with E-state index in [0.29, 0.717) is 5.82 Å². The van der Waals surface area contributed by atoms with Gasteiger partial charge in [-0.05, 0) is 18.6 Å². The first-order valence-corrected chi connectivity index (χ1v) is 7.81. The Balaban J connectivity index is 0.00000242. The van der Waals surface area contributed by atoms with Gasteiger partial charge in [-0.25, -0.2) is 13.4 Å². The number of benzene rings is 1. The van der Waals surface area contributed by atoms with E-state index < -0.39 is 15.6 Å². The molecule has 23 heavy (non-hydrogen) atoms. The van der Waals surface area contributed by atoms with Gasteiger partial charge in [0.15, 0.2) is 5.44 Å². The standard InChI is InChI=1S/C14H16N2O4S.ClH.Na/c1-10(11-5-3-2-4-6-11)16-13-9-12(7-8-15-13)14(17)21(18,19)20;;/h2-10,14,17H,1H3,(H,15,16)(H,18,19,20);1H;/q;;+1/p-1/t10-,14?;;/m0../s1. The van der Waals surface area contributed by atoms with Crippen LogP contribution in [0.4, 0.5) is 5.82 Å². The van der Waals surface area contributed by atoms with E-state index in [-0.39, 0.29) is 53.6 Å². The fourth-order valence-electron chi connectivity index (χ4n) is 1.95. The number of hydrogen-bond acceptors (Lipinski definition) is 5. The van der Waals surface area contributed by atoms with Gasteiger partial charge in [0.1, 0.15) is 16.2 Å². The van der Waals surface area contributed by atoms with Crippen LogP contribution in [0.15, 0.2) is 48.7 Å². The van der Waals surface area contributed by atoms with Crippen molar-refractivity contribution in [1.82, 2.24) is 0 Å². The van der Waals surface area contributed by atoms with Gasteiger partial charge in [0.2, 0.25) is 0 Å². The molecule has 1 aromatic heterocycles. The normalized spacial score (nSPS) is 13.2. The molecule has 0 amide bonds. The summed E-state index contributed by atoms with van der Waals surface area (Å²) in [6.45, 7) is 1.94. The summed E-state index contributed by atoms with van der Waals surface area (Å²) in [6.07, 6.45) is 1.46. The number of pyridine rings is 1. The maximum atomic E-state index is 10.9. The van der Waals surface area contributed by atoms with Crippen LogP contribution in [0.1, 0.15) is 29.5 Å². The van der Waals surface area contributed by atoms with Gasteiger partial charge in [-0.1, -0.05) is 30.3 Å². The molecule has 120 valence electrons. The fraction of sp³-hybridized carbons (Fsp3) is 0.214. The second kappa shape index (κ2) is 9.58. The molecule has 0 spiro atoms. The number of aromatic nitrogens is 1. The van der Waals surface area contributed by atoms with Gasteiger partial charge in [-0.15, -0.1) is 0 Å². The summed E-state index contributed by atoms with van der Waals surface area (Å²) >= 11 is 0. The molecular weight excluding hydrogens is 351 g/mol. The van der Waals surface area contributed by atoms with E-state index >= 15 is 0 Å². The molecule has 0 radical (unpaired) electrons. The van der Waals surface area contributed by atoms with Crippen molar-refractivity contribution in [2.45, 2.75) is 18.4 Å². The minimum Gasteiger partial charge on any atom is -1.00 e. The van der Waals surface area contributed by atoms with Crippen LogP contribution in [0, 0.1) is 0 Å². The van der Waals surface area contributed by atoms with Crippen molar-refractivity contribution in [3.8, 4) is 0 Å². The van der Waals surface area contributed by atoms with Crippen molar-refractivity contribution in [3.63, 3.8) is 0 Å². The van der Waals surface area contributed by atoms with Crippen molar-refractivity contribution in [1.29, 1.82) is 0 Å². The van der Waals surface area contributed by atoms with Crippen LogP contribution in [0.25, 0.3) is 0 Å². The number of rotatable bonds is 5. The molecule has 0 saturated heterocycles. The summed E-state index contributed by atoms with van der Waals surface area (Å²) in [6, 6.07) is 12.4. The van der Waals surface area contributed by atoms with Crippen molar-refractivity contribution in [2.75, 3.05) is 5.32 Å². The predicted molar refractivity (Wildman–Crippen MR) is 76.1 cm³/mol. The van der Waals surface area contributed by atoms with Gasteiger partial charge >= 0.3 is 29.6 Å². The Labute approximate surface area is 163 Å². The van der Waals surface area contributed by atoms with Gasteiger partial charge in [-0.3, -0.25) is 5.32 Å². The summed E-state index contributed by atoms with van der Waals surface area (Å²) in [5, 5.41) is 12.6.